The summed E-state index contributed by atoms with van der Waals surface area (Å²) in [6.07, 6.45) is 0.389. The van der Waals surface area contributed by atoms with E-state index in [-0.39, 0.29) is 49.9 Å². The largest absolute Gasteiger partial charge is 0.478 e. The first-order chi connectivity index (χ1) is 39.8. The van der Waals surface area contributed by atoms with Gasteiger partial charge in [-0.3, -0.25) is 19.2 Å². The lowest BCUT2D eigenvalue weighted by Crippen LogP contribution is -2.54. The van der Waals surface area contributed by atoms with Crippen molar-refractivity contribution in [2.75, 3.05) is 0 Å². The van der Waals surface area contributed by atoms with Gasteiger partial charge < -0.3 is 42.9 Å². The molecular weight excluding hydrogens is 1070 g/mol. The van der Waals surface area contributed by atoms with Crippen molar-refractivity contribution in [1.29, 1.82) is 0 Å². The van der Waals surface area contributed by atoms with Crippen molar-refractivity contribution in [2.24, 2.45) is 11.5 Å². The first kappa shape index (κ1) is 59.3. The zero-order chi connectivity index (χ0) is 57.8. The molecule has 4 amide bonds. The van der Waals surface area contributed by atoms with Gasteiger partial charge in [0.25, 0.3) is 0 Å². The van der Waals surface area contributed by atoms with Crippen molar-refractivity contribution < 1.29 is 39.0 Å². The number of carbonyl (C=O) groups is 6. The highest BCUT2D eigenvalue weighted by molar-refractivity contribution is 8.77. The maximum atomic E-state index is 15.1. The fourth-order valence-electron chi connectivity index (χ4n) is 9.21. The second kappa shape index (κ2) is 29.6. The van der Waals surface area contributed by atoms with E-state index in [9.17, 15) is 29.4 Å². The molecule has 8 aromatic carbocycles. The van der Waals surface area contributed by atoms with Crippen LogP contribution in [0.25, 0.3) is 22.3 Å². The Kier molecular flexibility index (Phi) is 21.4. The highest BCUT2D eigenvalue weighted by Crippen LogP contribution is 2.36. The Hall–Kier alpha value is -8.80. The molecule has 0 fully saturated rings. The Balaban J connectivity index is 1.10. The van der Waals surface area contributed by atoms with Crippen LogP contribution < -0.4 is 32.7 Å². The van der Waals surface area contributed by atoms with Crippen LogP contribution in [0, 0.1) is 0 Å². The third kappa shape index (κ3) is 17.4. The standard InChI is InChI=1S/C66H64N6O8S2/c67-55(37-43-25-33-53(34-26-43)65(77)78)59(63(75)71-57(61(73)69-41-47-13-5-1-6-14-47)39-45-21-29-51(30-22-45)49-17-9-3-10-18-49)81-82-60(56(68)38-44-27-35-54(36-28-44)66(79)80)64(76)72-58(62(74)70-42-48-15-7-2-8-16-48)40-46-23-31-52(32-24-46)50-19-11-4-12-20-50/h1-36,55-60H,37-42,67-68H2,(H,69,73)(H,70,74)(H,71,75)(H,72,76)(H,77,78)(H,79,80)/t55-,56-,57-,58-,59-,60-/m0/s1. The molecule has 0 aliphatic carbocycles. The van der Waals surface area contributed by atoms with Gasteiger partial charge in [-0.1, -0.05) is 216 Å². The fourth-order valence-corrected chi connectivity index (χ4v) is 12.3. The van der Waals surface area contributed by atoms with Crippen LogP contribution in [-0.2, 0) is 58.0 Å². The topological polar surface area (TPSA) is 243 Å². The lowest BCUT2D eigenvalue weighted by Gasteiger charge is -2.29. The zero-order valence-corrected chi connectivity index (χ0v) is 46.4. The number of nitrogens with two attached hydrogens (primary N) is 2. The van der Waals surface area contributed by atoms with Gasteiger partial charge in [0.05, 0.1) is 11.1 Å². The fraction of sp³-hybridized carbons (Fsp3) is 0.182. The van der Waals surface area contributed by atoms with E-state index < -0.39 is 70.2 Å². The van der Waals surface area contributed by atoms with E-state index in [1.165, 1.54) is 24.3 Å². The summed E-state index contributed by atoms with van der Waals surface area (Å²) < 4.78 is 0. The summed E-state index contributed by atoms with van der Waals surface area (Å²) in [6, 6.07) is 62.1. The van der Waals surface area contributed by atoms with Crippen LogP contribution in [0.4, 0.5) is 0 Å². The van der Waals surface area contributed by atoms with Crippen molar-refractivity contribution in [2.45, 2.75) is 73.4 Å². The summed E-state index contributed by atoms with van der Waals surface area (Å²) >= 11 is 0. The number of hydrogen-bond donors (Lipinski definition) is 8. The van der Waals surface area contributed by atoms with Gasteiger partial charge in [0.1, 0.15) is 22.6 Å². The Bertz CT molecular complexity index is 3150. The predicted octanol–water partition coefficient (Wildman–Crippen LogP) is 9.06. The third-order valence-corrected chi connectivity index (χ3v) is 17.0. The Morgan fingerprint density at radius 2 is 0.622 bits per heavy atom. The molecule has 0 heterocycles. The maximum absolute atomic E-state index is 15.1. The number of benzene rings is 8. The van der Waals surface area contributed by atoms with E-state index in [0.717, 1.165) is 66.1 Å². The van der Waals surface area contributed by atoms with Crippen LogP contribution in [0.5, 0.6) is 0 Å². The van der Waals surface area contributed by atoms with E-state index in [2.05, 4.69) is 21.3 Å². The molecule has 0 aliphatic rings. The van der Waals surface area contributed by atoms with Crippen LogP contribution in [0.15, 0.2) is 218 Å². The van der Waals surface area contributed by atoms with Crippen molar-refractivity contribution in [3.8, 4) is 22.3 Å². The molecule has 8 rings (SSSR count). The first-order valence-corrected chi connectivity index (χ1v) is 29.0. The molecule has 0 saturated heterocycles. The molecule has 10 N–H and O–H groups in total. The SMILES string of the molecule is N[C@@H](Cc1ccc(C(=O)O)cc1)[C@H](SS[C@H](C(=O)N[C@@H](Cc1ccc(-c2ccccc2)cc1)C(=O)NCc1ccccc1)[C@@H](N)Cc1ccc(C(=O)O)cc1)C(=O)N[C@@H](Cc1ccc(-c2ccccc2)cc1)C(=O)NCc1ccccc1. The van der Waals surface area contributed by atoms with Gasteiger partial charge in [0.2, 0.25) is 23.6 Å². The number of amides is 4. The summed E-state index contributed by atoms with van der Waals surface area (Å²) in [4.78, 5) is 82.5. The third-order valence-electron chi connectivity index (χ3n) is 13.8. The molecule has 418 valence electrons. The van der Waals surface area contributed by atoms with Gasteiger partial charge in [-0.05, 0) is 92.7 Å². The molecule has 0 aromatic heterocycles. The van der Waals surface area contributed by atoms with Gasteiger partial charge in [-0.25, -0.2) is 9.59 Å². The van der Waals surface area contributed by atoms with Crippen molar-refractivity contribution in [1.82, 2.24) is 21.3 Å². The van der Waals surface area contributed by atoms with Crippen LogP contribution in [0.3, 0.4) is 0 Å². The Labute approximate surface area is 484 Å². The highest BCUT2D eigenvalue weighted by atomic mass is 33.1. The number of carbonyl (C=O) groups excluding carboxylic acids is 4. The van der Waals surface area contributed by atoms with Crippen molar-refractivity contribution in [3.63, 3.8) is 0 Å². The molecule has 0 bridgehead atoms. The van der Waals surface area contributed by atoms with Gasteiger partial charge >= 0.3 is 11.9 Å². The Morgan fingerprint density at radius 1 is 0.341 bits per heavy atom. The molecule has 16 heteroatoms. The van der Waals surface area contributed by atoms with Gasteiger partial charge in [0.15, 0.2) is 0 Å². The average Bonchev–Trinajstić information content (AvgIpc) is 3.55. The minimum absolute atomic E-state index is 0.0643. The number of carboxylic acids is 2. The first-order valence-electron chi connectivity index (χ1n) is 26.8. The quantitative estimate of drug-likeness (QED) is 0.0225. The molecule has 6 atom stereocenters. The van der Waals surface area contributed by atoms with E-state index in [1.807, 2.05) is 170 Å². The summed E-state index contributed by atoms with van der Waals surface area (Å²) in [5, 5.41) is 29.0. The normalized spacial score (nSPS) is 13.2. The zero-order valence-electron chi connectivity index (χ0n) is 44.8. The van der Waals surface area contributed by atoms with Crippen LogP contribution in [0.1, 0.15) is 54.1 Å². The second-order valence-corrected chi connectivity index (χ2v) is 22.4. The Morgan fingerprint density at radius 3 is 0.939 bits per heavy atom. The number of nitrogens with one attached hydrogen (secondary N) is 4. The minimum Gasteiger partial charge on any atom is -0.478 e. The minimum atomic E-state index is -1.17. The molecule has 8 aromatic rings. The van der Waals surface area contributed by atoms with Gasteiger partial charge in [0, 0.05) is 38.0 Å². The average molecular weight is 1130 g/mol. The monoisotopic (exact) mass is 1130 g/mol. The van der Waals surface area contributed by atoms with Gasteiger partial charge in [-0.15, -0.1) is 0 Å². The van der Waals surface area contributed by atoms with Crippen LogP contribution >= 0.6 is 21.6 Å². The summed E-state index contributed by atoms with van der Waals surface area (Å²) in [5.41, 5.74) is 22.7. The molecule has 14 nitrogen and oxygen atoms in total. The molecular formula is C66H64N6O8S2. The molecule has 0 radical (unpaired) electrons. The smallest absolute Gasteiger partial charge is 0.335 e. The second-order valence-electron chi connectivity index (χ2n) is 19.8. The summed E-state index contributed by atoms with van der Waals surface area (Å²) in [6.45, 7) is 0.383. The number of hydrogen-bond acceptors (Lipinski definition) is 10. The molecule has 82 heavy (non-hydrogen) atoms. The van der Waals surface area contributed by atoms with E-state index in [0.29, 0.717) is 11.1 Å². The highest BCUT2D eigenvalue weighted by Gasteiger charge is 2.36. The summed E-state index contributed by atoms with van der Waals surface area (Å²) in [5.74, 6) is -4.33. The van der Waals surface area contributed by atoms with Crippen molar-refractivity contribution in [3.05, 3.63) is 263 Å². The predicted molar refractivity (Wildman–Crippen MR) is 325 cm³/mol. The van der Waals surface area contributed by atoms with E-state index >= 15 is 9.59 Å². The number of rotatable bonds is 27. The van der Waals surface area contributed by atoms with Crippen molar-refractivity contribution >= 4 is 57.2 Å². The number of aromatic carboxylic acids is 2. The van der Waals surface area contributed by atoms with Crippen LogP contribution in [-0.4, -0.2) is 80.4 Å². The van der Waals surface area contributed by atoms with E-state index in [1.54, 1.807) is 24.3 Å². The van der Waals surface area contributed by atoms with E-state index in [4.69, 9.17) is 11.5 Å². The molecule has 0 unspecified atom stereocenters. The lowest BCUT2D eigenvalue weighted by molar-refractivity contribution is -0.129. The maximum Gasteiger partial charge on any atom is 0.335 e. The van der Waals surface area contributed by atoms with Crippen LogP contribution in [0.2, 0.25) is 0 Å². The molecule has 0 spiro atoms. The number of carboxylic acid groups (broad SMARTS) is 2. The molecule has 0 saturated carbocycles. The summed E-state index contributed by atoms with van der Waals surface area (Å²) in [7, 11) is 2.00. The lowest BCUT2D eigenvalue weighted by atomic mass is 9.99. The van der Waals surface area contributed by atoms with Gasteiger partial charge in [-0.2, -0.15) is 0 Å². The molecule has 0 aliphatic heterocycles.